The molecule has 1 aliphatic rings. The second kappa shape index (κ2) is 8.12. The van der Waals surface area contributed by atoms with E-state index in [0.717, 1.165) is 44.9 Å². The number of amides is 4. The summed E-state index contributed by atoms with van der Waals surface area (Å²) in [7, 11) is 0. The van der Waals surface area contributed by atoms with Gasteiger partial charge in [0, 0.05) is 16.8 Å². The van der Waals surface area contributed by atoms with E-state index in [1.807, 2.05) is 62.4 Å². The lowest BCUT2D eigenvalue weighted by Gasteiger charge is -2.26. The van der Waals surface area contributed by atoms with Crippen LogP contribution in [0.4, 0.5) is 14.9 Å². The lowest BCUT2D eigenvalue weighted by atomic mass is 10.1. The fraction of sp³-hybridized carbons (Fsp3) is 0.0741. The third-order valence-electron chi connectivity index (χ3n) is 5.96. The fourth-order valence-electron chi connectivity index (χ4n) is 4.35. The van der Waals surface area contributed by atoms with E-state index in [4.69, 9.17) is 0 Å². The van der Waals surface area contributed by atoms with E-state index in [1.54, 1.807) is 0 Å². The Labute approximate surface area is 194 Å². The number of carbonyl (C=O) groups is 3. The Hall–Kier alpha value is -4.52. The molecule has 0 bridgehead atoms. The quantitative estimate of drug-likeness (QED) is 0.348. The van der Waals surface area contributed by atoms with E-state index in [9.17, 15) is 18.8 Å². The van der Waals surface area contributed by atoms with Gasteiger partial charge in [-0.25, -0.2) is 14.1 Å². The summed E-state index contributed by atoms with van der Waals surface area (Å²) >= 11 is 0. The zero-order chi connectivity index (χ0) is 24.0. The molecular formula is C27H20FN3O3. The predicted molar refractivity (Wildman–Crippen MR) is 128 cm³/mol. The van der Waals surface area contributed by atoms with Gasteiger partial charge in [0.1, 0.15) is 11.4 Å². The van der Waals surface area contributed by atoms with Crippen LogP contribution in [0.2, 0.25) is 0 Å². The van der Waals surface area contributed by atoms with Crippen LogP contribution in [0.1, 0.15) is 17.0 Å². The second-order valence-electron chi connectivity index (χ2n) is 8.09. The summed E-state index contributed by atoms with van der Waals surface area (Å²) in [5, 5.41) is 4.37. The molecule has 1 N–H and O–H groups in total. The minimum atomic E-state index is -0.875. The van der Waals surface area contributed by atoms with E-state index >= 15 is 0 Å². The molecule has 0 radical (unpaired) electrons. The summed E-state index contributed by atoms with van der Waals surface area (Å²) in [6.45, 7) is 3.86. The number of nitrogens with one attached hydrogen (secondary N) is 1. The molecule has 4 aromatic rings. The van der Waals surface area contributed by atoms with Gasteiger partial charge in [-0.05, 0) is 67.3 Å². The van der Waals surface area contributed by atoms with Crippen molar-refractivity contribution in [2.75, 3.05) is 4.90 Å². The zero-order valence-corrected chi connectivity index (χ0v) is 18.5. The number of fused-ring (bicyclic) bond motifs is 1. The maximum absolute atomic E-state index is 13.3. The summed E-state index contributed by atoms with van der Waals surface area (Å²) in [6.07, 6.45) is 1.49. The number of anilines is 1. The van der Waals surface area contributed by atoms with Crippen molar-refractivity contribution in [1.82, 2.24) is 9.88 Å². The van der Waals surface area contributed by atoms with E-state index in [1.165, 1.54) is 18.2 Å². The molecule has 7 heteroatoms. The number of aromatic nitrogens is 1. The Morgan fingerprint density at radius 1 is 0.882 bits per heavy atom. The molecule has 168 valence electrons. The number of halogens is 1. The van der Waals surface area contributed by atoms with Gasteiger partial charge in [-0.1, -0.05) is 36.4 Å². The Morgan fingerprint density at radius 2 is 1.59 bits per heavy atom. The summed E-state index contributed by atoms with van der Waals surface area (Å²) in [6, 6.07) is 20.0. The highest BCUT2D eigenvalue weighted by atomic mass is 19.1. The van der Waals surface area contributed by atoms with Gasteiger partial charge in [0.15, 0.2) is 0 Å². The SMILES string of the molecule is Cc1cc(/C=C2/C(=O)NC(=O)N(c3ccc(F)cc3)C2=O)c(C)n1-c1cccc2ccccc12. The molecule has 1 saturated heterocycles. The van der Waals surface area contributed by atoms with Gasteiger partial charge in [-0.3, -0.25) is 14.9 Å². The molecular weight excluding hydrogens is 433 g/mol. The Kier molecular flexibility index (Phi) is 5.09. The number of carbonyl (C=O) groups excluding carboxylic acids is 3. The molecule has 1 aromatic heterocycles. The average Bonchev–Trinajstić information content (AvgIpc) is 3.10. The fourth-order valence-corrected chi connectivity index (χ4v) is 4.35. The van der Waals surface area contributed by atoms with E-state index in [0.29, 0.717) is 5.56 Å². The van der Waals surface area contributed by atoms with Gasteiger partial charge in [-0.2, -0.15) is 0 Å². The first-order chi connectivity index (χ1) is 16.3. The summed E-state index contributed by atoms with van der Waals surface area (Å²) in [5.74, 6) is -2.04. The Morgan fingerprint density at radius 3 is 2.35 bits per heavy atom. The van der Waals surface area contributed by atoms with Crippen LogP contribution in [0.3, 0.4) is 0 Å². The van der Waals surface area contributed by atoms with Gasteiger partial charge >= 0.3 is 6.03 Å². The van der Waals surface area contributed by atoms with Gasteiger partial charge in [0.25, 0.3) is 11.8 Å². The van der Waals surface area contributed by atoms with Crippen LogP contribution in [0.5, 0.6) is 0 Å². The van der Waals surface area contributed by atoms with Gasteiger partial charge in [0.2, 0.25) is 0 Å². The smallest absolute Gasteiger partial charge is 0.317 e. The molecule has 5 rings (SSSR count). The van der Waals surface area contributed by atoms with Crippen LogP contribution in [0.25, 0.3) is 22.5 Å². The van der Waals surface area contributed by atoms with Crippen molar-refractivity contribution in [2.24, 2.45) is 0 Å². The third-order valence-corrected chi connectivity index (χ3v) is 5.96. The molecule has 6 nitrogen and oxygen atoms in total. The van der Waals surface area contributed by atoms with Gasteiger partial charge in [-0.15, -0.1) is 0 Å². The first-order valence-electron chi connectivity index (χ1n) is 10.7. The first-order valence-corrected chi connectivity index (χ1v) is 10.7. The monoisotopic (exact) mass is 453 g/mol. The minimum absolute atomic E-state index is 0.170. The highest BCUT2D eigenvalue weighted by molar-refractivity contribution is 6.39. The van der Waals surface area contributed by atoms with Crippen molar-refractivity contribution in [3.63, 3.8) is 0 Å². The van der Waals surface area contributed by atoms with Crippen LogP contribution >= 0.6 is 0 Å². The number of urea groups is 1. The van der Waals surface area contributed by atoms with Crippen molar-refractivity contribution >= 4 is 40.4 Å². The average molecular weight is 453 g/mol. The van der Waals surface area contributed by atoms with E-state index in [2.05, 4.69) is 9.88 Å². The Balaban J connectivity index is 1.59. The van der Waals surface area contributed by atoms with Crippen LogP contribution in [0.15, 0.2) is 78.4 Å². The van der Waals surface area contributed by atoms with Crippen molar-refractivity contribution < 1.29 is 18.8 Å². The minimum Gasteiger partial charge on any atom is -0.317 e. The molecule has 4 amide bonds. The lowest BCUT2D eigenvalue weighted by Crippen LogP contribution is -2.54. The number of imide groups is 2. The number of hydrogen-bond donors (Lipinski definition) is 1. The predicted octanol–water partition coefficient (Wildman–Crippen LogP) is 5.05. The number of aryl methyl sites for hydroxylation is 1. The molecule has 1 fully saturated rings. The highest BCUT2D eigenvalue weighted by Crippen LogP contribution is 2.29. The van der Waals surface area contributed by atoms with Crippen LogP contribution in [-0.4, -0.2) is 22.4 Å². The number of barbiturate groups is 1. The molecule has 34 heavy (non-hydrogen) atoms. The van der Waals surface area contributed by atoms with Gasteiger partial charge < -0.3 is 4.57 Å². The molecule has 0 atom stereocenters. The molecule has 3 aromatic carbocycles. The van der Waals surface area contributed by atoms with Crippen LogP contribution in [-0.2, 0) is 9.59 Å². The molecule has 0 unspecified atom stereocenters. The standard InChI is InChI=1S/C27H20FN3O3/c1-16-14-19(17(2)30(16)24-9-5-7-18-6-3-4-8-22(18)24)15-23-25(32)29-27(34)31(26(23)33)21-12-10-20(28)11-13-21/h3-15H,1-2H3,(H,29,32,34)/b23-15-. The van der Waals surface area contributed by atoms with Crippen LogP contribution < -0.4 is 10.2 Å². The van der Waals surface area contributed by atoms with Crippen molar-refractivity contribution in [3.8, 4) is 5.69 Å². The van der Waals surface area contributed by atoms with Crippen molar-refractivity contribution in [1.29, 1.82) is 0 Å². The number of nitrogens with zero attached hydrogens (tertiary/aromatic N) is 2. The first kappa shape index (κ1) is 21.3. The van der Waals surface area contributed by atoms with Gasteiger partial charge in [0.05, 0.1) is 11.4 Å². The lowest BCUT2D eigenvalue weighted by molar-refractivity contribution is -0.122. The third kappa shape index (κ3) is 3.47. The highest BCUT2D eigenvalue weighted by Gasteiger charge is 2.37. The van der Waals surface area contributed by atoms with E-state index < -0.39 is 23.7 Å². The zero-order valence-electron chi connectivity index (χ0n) is 18.5. The number of hydrogen-bond acceptors (Lipinski definition) is 3. The van der Waals surface area contributed by atoms with Crippen molar-refractivity contribution in [3.05, 3.63) is 101 Å². The summed E-state index contributed by atoms with van der Waals surface area (Å²) in [5.41, 5.74) is 3.42. The summed E-state index contributed by atoms with van der Waals surface area (Å²) in [4.78, 5) is 39.0. The molecule has 0 aliphatic carbocycles. The topological polar surface area (TPSA) is 71.4 Å². The normalized spacial score (nSPS) is 15.3. The van der Waals surface area contributed by atoms with E-state index in [-0.39, 0.29) is 11.3 Å². The Bertz CT molecular complexity index is 1510. The molecule has 0 spiro atoms. The maximum Gasteiger partial charge on any atom is 0.335 e. The number of benzene rings is 3. The molecule has 2 heterocycles. The van der Waals surface area contributed by atoms with Crippen LogP contribution in [0, 0.1) is 19.7 Å². The number of rotatable bonds is 3. The second-order valence-corrected chi connectivity index (χ2v) is 8.09. The maximum atomic E-state index is 13.3. The largest absolute Gasteiger partial charge is 0.335 e. The molecule has 1 aliphatic heterocycles. The summed E-state index contributed by atoms with van der Waals surface area (Å²) < 4.78 is 15.4. The molecule has 0 saturated carbocycles. The van der Waals surface area contributed by atoms with Crippen molar-refractivity contribution in [2.45, 2.75) is 13.8 Å².